The lowest BCUT2D eigenvalue weighted by Crippen LogP contribution is -2.46. The van der Waals surface area contributed by atoms with E-state index >= 15 is 0 Å². The summed E-state index contributed by atoms with van der Waals surface area (Å²) in [5, 5.41) is 33.5. The normalized spacial score (nSPS) is 29.5. The minimum absolute atomic E-state index is 0.00211. The smallest absolute Gasteiger partial charge is 0.387 e. The first kappa shape index (κ1) is 58.1. The maximum absolute atomic E-state index is 14.5. The van der Waals surface area contributed by atoms with Crippen LogP contribution in [0.1, 0.15) is 25.6 Å². The number of nitrogens with one attached hydrogen (secondary N) is 2. The van der Waals surface area contributed by atoms with Gasteiger partial charge in [0.05, 0.1) is 45.6 Å². The van der Waals surface area contributed by atoms with Gasteiger partial charge in [-0.1, -0.05) is 4.98 Å². The second-order valence-electron chi connectivity index (χ2n) is 18.1. The second-order valence-corrected chi connectivity index (χ2v) is 24.7. The zero-order valence-electron chi connectivity index (χ0n) is 41.2. The Labute approximate surface area is 440 Å². The molecule has 432 valence electrons. The number of imidazole rings is 3. The van der Waals surface area contributed by atoms with E-state index in [0.29, 0.717) is 0 Å². The van der Waals surface area contributed by atoms with Gasteiger partial charge >= 0.3 is 36.7 Å². The molecule has 43 heteroatoms. The number of hydrogen-bond acceptors (Lipinski definition) is 28. The van der Waals surface area contributed by atoms with Gasteiger partial charge in [0.15, 0.2) is 41.4 Å². The number of aromatic nitrogens is 12. The molecule has 15 N–H and O–H groups in total. The topological polar surface area (TPSA) is 553 Å². The van der Waals surface area contributed by atoms with Crippen LogP contribution in [0.3, 0.4) is 0 Å². The van der Waals surface area contributed by atoms with Gasteiger partial charge in [0.25, 0.3) is 17.1 Å². The van der Waals surface area contributed by atoms with Crippen molar-refractivity contribution in [3.63, 3.8) is 0 Å². The fraction of sp³-hybridized carbons (Fsp3) is 0.556. The van der Waals surface area contributed by atoms with E-state index in [2.05, 4.69) is 48.5 Å². The lowest BCUT2D eigenvalue weighted by Gasteiger charge is -2.28. The minimum atomic E-state index is -6.24. The lowest BCUT2D eigenvalue weighted by atomic mass is 9.97. The van der Waals surface area contributed by atoms with Gasteiger partial charge in [-0.05, 0) is 0 Å². The van der Waals surface area contributed by atoms with Crippen LogP contribution >= 0.6 is 31.1 Å². The minimum Gasteiger partial charge on any atom is -0.387 e. The Bertz CT molecular complexity index is 3640. The van der Waals surface area contributed by atoms with Crippen LogP contribution in [-0.4, -0.2) is 188 Å². The van der Waals surface area contributed by atoms with E-state index in [1.807, 2.05) is 0 Å². The predicted molar refractivity (Wildman–Crippen MR) is 259 cm³/mol. The monoisotopic (exact) mass is 1200 g/mol. The largest absolute Gasteiger partial charge is 0.490 e. The quantitative estimate of drug-likeness (QED) is 0.0257. The Kier molecular flexibility index (Phi) is 16.0. The number of aliphatic hydroxyl groups excluding tert-OH is 3. The van der Waals surface area contributed by atoms with E-state index in [-0.39, 0.29) is 57.8 Å². The molecule has 3 aliphatic rings. The van der Waals surface area contributed by atoms with Crippen LogP contribution in [0.25, 0.3) is 33.5 Å². The summed E-state index contributed by atoms with van der Waals surface area (Å²) in [6, 6.07) is 0. The number of H-pyrrole nitrogens is 2. The molecule has 3 fully saturated rings. The van der Waals surface area contributed by atoms with Crippen molar-refractivity contribution >= 4 is 88.2 Å². The van der Waals surface area contributed by atoms with Gasteiger partial charge in [0, 0.05) is 33.5 Å². The van der Waals surface area contributed by atoms with Gasteiger partial charge in [-0.2, -0.15) is 13.6 Å². The van der Waals surface area contributed by atoms with Crippen molar-refractivity contribution in [2.75, 3.05) is 57.7 Å². The standard InChI is InChI=1S/C36H50N16O23P4/c1-13(53)48(2)5-14-15(71-32(21(14)54)52-12-49(3)20-29(52)45-36(39)47-31(20)58)6-69-77(61,62)74-79(65,66)75-78(63,64)70-8-17-25(24(67-4)34(73-17)50-10-42-18-26(37)40-9-41-27(18)50)76(59,60)68-7-16-22(55)23(56)33(72-16)51-11-43-19-28(51)44-35(38)46-30(19)57/h9-12,14-17,21-25,32-34,54-56H,5-8H2,1-4H3,(H11-,37,38,39,40,41,44,45,46,47,57,58,59,60,61,62,63,64,65,66)/p+1/t14-,15-,16-,17-,21-,22-,23-,24-,25-,32-,33-,34-/m1/s1. The summed E-state index contributed by atoms with van der Waals surface area (Å²) in [6.07, 6.45) is -11.6. The number of nitrogens with two attached hydrogens (primary N) is 3. The number of methoxy groups -OCH3 is 1. The maximum Gasteiger partial charge on any atom is 0.490 e. The number of amides is 1. The molecular weight excluding hydrogens is 1150 g/mol. The molecule has 6 aromatic rings. The van der Waals surface area contributed by atoms with Crippen molar-refractivity contribution in [3.8, 4) is 0 Å². The van der Waals surface area contributed by atoms with E-state index in [4.69, 9.17) is 49.7 Å². The van der Waals surface area contributed by atoms with E-state index in [1.54, 1.807) is 0 Å². The Balaban J connectivity index is 0.897. The number of phosphoric acid groups is 3. The molecule has 3 aliphatic heterocycles. The first-order valence-corrected chi connectivity index (χ1v) is 29.0. The maximum atomic E-state index is 14.5. The number of fused-ring (bicyclic) bond motifs is 3. The Morgan fingerprint density at radius 1 is 0.759 bits per heavy atom. The summed E-state index contributed by atoms with van der Waals surface area (Å²) in [5.74, 6) is -2.33. The highest BCUT2D eigenvalue weighted by Crippen LogP contribution is 2.68. The van der Waals surface area contributed by atoms with Crippen LogP contribution < -0.4 is 32.9 Å². The van der Waals surface area contributed by atoms with Gasteiger partial charge in [-0.3, -0.25) is 51.7 Å². The van der Waals surface area contributed by atoms with Crippen molar-refractivity contribution in [1.29, 1.82) is 0 Å². The fourth-order valence-corrected chi connectivity index (χ4v) is 14.5. The molecule has 16 atom stereocenters. The highest BCUT2D eigenvalue weighted by atomic mass is 31.3. The number of aromatic amines is 2. The number of carbonyl (C=O) groups is 1. The third-order valence-electron chi connectivity index (χ3n) is 12.9. The number of aliphatic hydroxyl groups is 3. The van der Waals surface area contributed by atoms with Crippen molar-refractivity contribution < 1.29 is 104 Å². The molecule has 0 spiro atoms. The average molecular weight is 1200 g/mol. The number of rotatable bonds is 20. The molecule has 1 amide bonds. The number of nitrogen functional groups attached to an aromatic ring is 3. The molecule has 9 rings (SSSR count). The van der Waals surface area contributed by atoms with Crippen molar-refractivity contribution in [1.82, 2.24) is 58.5 Å². The summed E-state index contributed by atoms with van der Waals surface area (Å²) >= 11 is 0. The summed E-state index contributed by atoms with van der Waals surface area (Å²) in [5.41, 5.74) is 13.6. The van der Waals surface area contributed by atoms with E-state index in [0.717, 1.165) is 30.7 Å². The van der Waals surface area contributed by atoms with Gasteiger partial charge in [0.1, 0.15) is 54.1 Å². The number of ether oxygens (including phenoxy) is 4. The number of nitrogens with zero attached hydrogens (tertiary/aromatic N) is 11. The zero-order chi connectivity index (χ0) is 57.4. The summed E-state index contributed by atoms with van der Waals surface area (Å²) in [4.78, 5) is 111. The number of aryl methyl sites for hydroxylation is 1. The molecule has 3 saturated heterocycles. The summed E-state index contributed by atoms with van der Waals surface area (Å²) < 4.78 is 107. The molecular formula is C36H51N16O23P4+. The lowest BCUT2D eigenvalue weighted by molar-refractivity contribution is -0.745. The molecule has 9 heterocycles. The van der Waals surface area contributed by atoms with E-state index in [1.165, 1.54) is 45.9 Å². The van der Waals surface area contributed by atoms with Crippen LogP contribution in [0.15, 0.2) is 34.9 Å². The van der Waals surface area contributed by atoms with Gasteiger partial charge in [-0.15, -0.1) is 0 Å². The molecule has 0 aliphatic carbocycles. The zero-order valence-corrected chi connectivity index (χ0v) is 44.7. The number of anilines is 3. The Morgan fingerprint density at radius 2 is 1.35 bits per heavy atom. The Morgan fingerprint density at radius 3 is 2.01 bits per heavy atom. The molecule has 79 heavy (non-hydrogen) atoms. The third kappa shape index (κ3) is 11.5. The molecule has 0 aromatic carbocycles. The molecule has 0 saturated carbocycles. The first-order chi connectivity index (χ1) is 37.0. The van der Waals surface area contributed by atoms with Gasteiger partial charge in [-0.25, -0.2) is 38.2 Å². The van der Waals surface area contributed by atoms with Crippen LogP contribution in [0.4, 0.5) is 17.7 Å². The van der Waals surface area contributed by atoms with E-state index in [9.17, 15) is 67.5 Å². The number of phosphoric ester groups is 2. The molecule has 39 nitrogen and oxygen atoms in total. The van der Waals surface area contributed by atoms with Crippen molar-refractivity contribution in [2.24, 2.45) is 13.0 Å². The predicted octanol–water partition coefficient (Wildman–Crippen LogP) is -3.91. The summed E-state index contributed by atoms with van der Waals surface area (Å²) in [7, 11) is -19.5. The highest BCUT2D eigenvalue weighted by Gasteiger charge is 2.58. The highest BCUT2D eigenvalue weighted by molar-refractivity contribution is 7.66. The van der Waals surface area contributed by atoms with E-state index < -0.39 is 141 Å². The van der Waals surface area contributed by atoms with Crippen LogP contribution in [0, 0.1) is 5.92 Å². The second kappa shape index (κ2) is 21.7. The summed E-state index contributed by atoms with van der Waals surface area (Å²) in [6.45, 7) is -2.37. The molecule has 6 aromatic heterocycles. The number of hydrogen-bond donors (Lipinski definition) is 12. The van der Waals surface area contributed by atoms with Crippen molar-refractivity contribution in [2.45, 2.75) is 74.0 Å². The van der Waals surface area contributed by atoms with Crippen molar-refractivity contribution in [3.05, 3.63) is 46.0 Å². The van der Waals surface area contributed by atoms with Crippen LogP contribution in [0.5, 0.6) is 0 Å². The third-order valence-corrected chi connectivity index (χ3v) is 19.1. The fourth-order valence-electron chi connectivity index (χ4n) is 9.25. The van der Waals surface area contributed by atoms with Crippen LogP contribution in [-0.2, 0) is 71.2 Å². The first-order valence-electron chi connectivity index (χ1n) is 22.8. The van der Waals surface area contributed by atoms with Gasteiger partial charge < -0.3 is 80.5 Å². The van der Waals surface area contributed by atoms with Gasteiger partial charge in [0.2, 0.25) is 23.6 Å². The Hall–Kier alpha value is -5.60. The number of carbonyl (C=O) groups excluding carboxylic acids is 1. The molecule has 0 radical (unpaired) electrons. The van der Waals surface area contributed by atoms with Crippen LogP contribution in [0.2, 0.25) is 0 Å². The SMILES string of the molecule is CO[C@@H]1[C@H](P(=O)(O)OC[C@H]2O[C@@H](n3cnc4c(=O)[nH]c(N)nc43)[C@H](O)[C@@H]2O)[C@@H](COP(=O)(O)OP(=O)(O)OP(=O)(O)OC[C@H]2O[C@@H]([n+]3cn(C)c4c(=O)[nH]c(N)nc43)[C@H](O)[C@@H]2CN(C)C(C)=O)O[C@H]1n1cnc2c(N)ncnc21. The molecule has 4 unspecified atom stereocenters. The average Bonchev–Trinajstić information content (AvgIpc) is 4.43. The molecule has 0 bridgehead atoms.